The quantitative estimate of drug-likeness (QED) is 0.835. The number of piperidine rings is 1. The van der Waals surface area contributed by atoms with Crippen molar-refractivity contribution in [1.29, 1.82) is 0 Å². The minimum atomic E-state index is -0.0680. The summed E-state index contributed by atoms with van der Waals surface area (Å²) in [5.41, 5.74) is 1.06. The number of H-pyrrole nitrogens is 1. The van der Waals surface area contributed by atoms with Crippen LogP contribution in [-0.4, -0.2) is 34.8 Å². The number of aromatic nitrogens is 1. The van der Waals surface area contributed by atoms with Crippen LogP contribution in [0.4, 0.5) is 0 Å². The first-order valence-electron chi connectivity index (χ1n) is 6.31. The van der Waals surface area contributed by atoms with Crippen LogP contribution >= 0.6 is 0 Å². The number of rotatable bonds is 3. The fraction of sp³-hybridized carbons (Fsp3) is 0.538. The highest BCUT2D eigenvalue weighted by Crippen LogP contribution is 2.16. The van der Waals surface area contributed by atoms with Crippen molar-refractivity contribution in [3.63, 3.8) is 0 Å². The van der Waals surface area contributed by atoms with E-state index in [1.165, 1.54) is 0 Å². The average Bonchev–Trinajstić information content (AvgIpc) is 2.89. The lowest BCUT2D eigenvalue weighted by Gasteiger charge is -2.31. The molecule has 1 aliphatic rings. The summed E-state index contributed by atoms with van der Waals surface area (Å²) in [6, 6.07) is 1.93. The number of hydrogen-bond donors (Lipinski definition) is 2. The number of nitrogens with zero attached hydrogens (tertiary/aromatic N) is 1. The maximum absolute atomic E-state index is 12.0. The Hall–Kier alpha value is -1.78. The molecule has 1 fully saturated rings. The van der Waals surface area contributed by atoms with Crippen LogP contribution in [0.5, 0.6) is 0 Å². The predicted octanol–water partition coefficient (Wildman–Crippen LogP) is 0.889. The van der Waals surface area contributed by atoms with Crippen LogP contribution in [0, 0.1) is 5.92 Å². The minimum Gasteiger partial charge on any atom is -0.367 e. The van der Waals surface area contributed by atoms with Gasteiger partial charge in [-0.05, 0) is 24.5 Å². The molecule has 1 unspecified atom stereocenters. The van der Waals surface area contributed by atoms with Gasteiger partial charge in [-0.1, -0.05) is 0 Å². The second-order valence-electron chi connectivity index (χ2n) is 4.74. The van der Waals surface area contributed by atoms with Crippen molar-refractivity contribution < 1.29 is 9.59 Å². The number of amides is 2. The van der Waals surface area contributed by atoms with Crippen LogP contribution < -0.4 is 5.32 Å². The Morgan fingerprint density at radius 3 is 3.06 bits per heavy atom. The molecule has 5 nitrogen and oxygen atoms in total. The smallest absolute Gasteiger partial charge is 0.225 e. The monoisotopic (exact) mass is 249 g/mol. The number of nitrogens with one attached hydrogen (secondary N) is 2. The Bertz CT molecular complexity index is 414. The van der Waals surface area contributed by atoms with Gasteiger partial charge in [0.25, 0.3) is 0 Å². The third kappa shape index (κ3) is 3.12. The molecule has 0 radical (unpaired) electrons. The van der Waals surface area contributed by atoms with Gasteiger partial charge in [-0.25, -0.2) is 0 Å². The van der Waals surface area contributed by atoms with Crippen molar-refractivity contribution in [3.05, 3.63) is 24.0 Å². The maximum Gasteiger partial charge on any atom is 0.225 e. The highest BCUT2D eigenvalue weighted by molar-refractivity contribution is 5.80. The Balaban J connectivity index is 1.83. The fourth-order valence-electron chi connectivity index (χ4n) is 2.28. The number of aromatic amines is 1. The Labute approximate surface area is 107 Å². The van der Waals surface area contributed by atoms with E-state index in [0.29, 0.717) is 13.1 Å². The average molecular weight is 249 g/mol. The molecule has 98 valence electrons. The second-order valence-corrected chi connectivity index (χ2v) is 4.74. The summed E-state index contributed by atoms with van der Waals surface area (Å²) >= 11 is 0. The Kier molecular flexibility index (Phi) is 4.02. The summed E-state index contributed by atoms with van der Waals surface area (Å²) in [6.45, 7) is 3.42. The molecule has 0 aliphatic carbocycles. The number of likely N-dealkylation sites (tertiary alicyclic amines) is 1. The second kappa shape index (κ2) is 5.71. The summed E-state index contributed by atoms with van der Waals surface area (Å²) in [5.74, 6) is 0.0295. The van der Waals surface area contributed by atoms with Crippen molar-refractivity contribution in [3.8, 4) is 0 Å². The summed E-state index contributed by atoms with van der Waals surface area (Å²) in [4.78, 5) is 28.0. The van der Waals surface area contributed by atoms with Gasteiger partial charge in [0.1, 0.15) is 0 Å². The first kappa shape index (κ1) is 12.7. The fourth-order valence-corrected chi connectivity index (χ4v) is 2.28. The van der Waals surface area contributed by atoms with Gasteiger partial charge >= 0.3 is 0 Å². The molecule has 0 saturated carbocycles. The van der Waals surface area contributed by atoms with E-state index in [0.717, 1.165) is 24.9 Å². The van der Waals surface area contributed by atoms with E-state index in [1.807, 2.05) is 18.5 Å². The lowest BCUT2D eigenvalue weighted by Crippen LogP contribution is -2.44. The van der Waals surface area contributed by atoms with Gasteiger partial charge in [-0.2, -0.15) is 0 Å². The molecule has 1 saturated heterocycles. The zero-order valence-electron chi connectivity index (χ0n) is 10.6. The van der Waals surface area contributed by atoms with Crippen molar-refractivity contribution >= 4 is 11.8 Å². The topological polar surface area (TPSA) is 65.2 Å². The zero-order valence-corrected chi connectivity index (χ0v) is 10.6. The maximum atomic E-state index is 12.0. The zero-order chi connectivity index (χ0) is 13.0. The van der Waals surface area contributed by atoms with E-state index >= 15 is 0 Å². The first-order chi connectivity index (χ1) is 8.66. The van der Waals surface area contributed by atoms with Crippen LogP contribution in [0.25, 0.3) is 0 Å². The molecular formula is C13H19N3O2. The molecular weight excluding hydrogens is 230 g/mol. The number of carbonyl (C=O) groups excluding carboxylic acids is 2. The molecule has 1 aromatic rings. The highest BCUT2D eigenvalue weighted by atomic mass is 16.2. The molecule has 2 heterocycles. The Morgan fingerprint density at radius 1 is 1.56 bits per heavy atom. The van der Waals surface area contributed by atoms with Gasteiger partial charge in [0.05, 0.1) is 5.92 Å². The SMILES string of the molecule is CC(=O)N1CCCC(C(=O)NCc2cc[nH]c2)C1. The van der Waals surface area contributed by atoms with Gasteiger partial charge in [-0.15, -0.1) is 0 Å². The minimum absolute atomic E-state index is 0.0437. The van der Waals surface area contributed by atoms with Gasteiger partial charge in [0, 0.05) is 39.0 Å². The summed E-state index contributed by atoms with van der Waals surface area (Å²) in [6.07, 6.45) is 5.47. The largest absolute Gasteiger partial charge is 0.367 e. The van der Waals surface area contributed by atoms with Crippen molar-refractivity contribution in [2.75, 3.05) is 13.1 Å². The molecule has 0 aromatic carbocycles. The number of hydrogen-bond acceptors (Lipinski definition) is 2. The number of carbonyl (C=O) groups is 2. The molecule has 18 heavy (non-hydrogen) atoms. The lowest BCUT2D eigenvalue weighted by molar-refractivity contribution is -0.134. The summed E-state index contributed by atoms with van der Waals surface area (Å²) in [7, 11) is 0. The van der Waals surface area contributed by atoms with E-state index in [9.17, 15) is 9.59 Å². The lowest BCUT2D eigenvalue weighted by atomic mass is 9.97. The van der Waals surface area contributed by atoms with Crippen LogP contribution in [0.1, 0.15) is 25.3 Å². The van der Waals surface area contributed by atoms with Crippen LogP contribution in [0.15, 0.2) is 18.5 Å². The van der Waals surface area contributed by atoms with Gasteiger partial charge < -0.3 is 15.2 Å². The molecule has 0 bridgehead atoms. The van der Waals surface area contributed by atoms with E-state index < -0.39 is 0 Å². The van der Waals surface area contributed by atoms with Gasteiger partial charge in [0.2, 0.25) is 11.8 Å². The van der Waals surface area contributed by atoms with Gasteiger partial charge in [0.15, 0.2) is 0 Å². The van der Waals surface area contributed by atoms with Crippen LogP contribution in [0.3, 0.4) is 0 Å². The first-order valence-corrected chi connectivity index (χ1v) is 6.31. The van der Waals surface area contributed by atoms with Crippen molar-refractivity contribution in [1.82, 2.24) is 15.2 Å². The summed E-state index contributed by atoms with van der Waals surface area (Å²) < 4.78 is 0. The molecule has 0 spiro atoms. The standard InChI is InChI=1S/C13H19N3O2/c1-10(17)16-6-2-3-12(9-16)13(18)15-8-11-4-5-14-7-11/h4-5,7,12,14H,2-3,6,8-9H2,1H3,(H,15,18). The predicted molar refractivity (Wildman–Crippen MR) is 67.6 cm³/mol. The molecule has 2 rings (SSSR count). The van der Waals surface area contributed by atoms with Gasteiger partial charge in [-0.3, -0.25) is 9.59 Å². The molecule has 1 aliphatic heterocycles. The molecule has 1 aromatic heterocycles. The third-order valence-electron chi connectivity index (χ3n) is 3.37. The van der Waals surface area contributed by atoms with Crippen LogP contribution in [-0.2, 0) is 16.1 Å². The molecule has 2 amide bonds. The molecule has 5 heteroatoms. The van der Waals surface area contributed by atoms with E-state index in [2.05, 4.69) is 10.3 Å². The van der Waals surface area contributed by atoms with Crippen LogP contribution in [0.2, 0.25) is 0 Å². The normalized spacial score (nSPS) is 19.6. The molecule has 1 atom stereocenters. The van der Waals surface area contributed by atoms with E-state index in [1.54, 1.807) is 11.8 Å². The summed E-state index contributed by atoms with van der Waals surface area (Å²) in [5, 5.41) is 2.92. The van der Waals surface area contributed by atoms with Crippen molar-refractivity contribution in [2.45, 2.75) is 26.3 Å². The molecule has 2 N–H and O–H groups in total. The Morgan fingerprint density at radius 2 is 2.39 bits per heavy atom. The third-order valence-corrected chi connectivity index (χ3v) is 3.37. The van der Waals surface area contributed by atoms with E-state index in [-0.39, 0.29) is 17.7 Å². The van der Waals surface area contributed by atoms with E-state index in [4.69, 9.17) is 0 Å². The highest BCUT2D eigenvalue weighted by Gasteiger charge is 2.26. The van der Waals surface area contributed by atoms with Crippen molar-refractivity contribution in [2.24, 2.45) is 5.92 Å².